The molecule has 3 N–H and O–H groups in total. The Labute approximate surface area is 162 Å². The van der Waals surface area contributed by atoms with Crippen LogP contribution >= 0.6 is 12.4 Å². The van der Waals surface area contributed by atoms with Gasteiger partial charge in [-0.1, -0.05) is 38.5 Å². The summed E-state index contributed by atoms with van der Waals surface area (Å²) < 4.78 is 0. The average molecular weight is 388 g/mol. The van der Waals surface area contributed by atoms with Gasteiger partial charge in [-0.3, -0.25) is 9.69 Å². The van der Waals surface area contributed by atoms with Gasteiger partial charge in [0.2, 0.25) is 5.91 Å². The van der Waals surface area contributed by atoms with Crippen LogP contribution in [0.2, 0.25) is 0 Å². The number of carbonyl (C=O) groups is 2. The lowest BCUT2D eigenvalue weighted by Gasteiger charge is -2.32. The fraction of sp³-hybridized carbons (Fsp3) is 0.895. The van der Waals surface area contributed by atoms with E-state index in [-0.39, 0.29) is 24.4 Å². The predicted octanol–water partition coefficient (Wildman–Crippen LogP) is 2.25. The summed E-state index contributed by atoms with van der Waals surface area (Å²) in [4.78, 5) is 28.5. The molecule has 2 heterocycles. The predicted molar refractivity (Wildman–Crippen MR) is 103 cm³/mol. The van der Waals surface area contributed by atoms with Gasteiger partial charge in [0.25, 0.3) is 0 Å². The van der Waals surface area contributed by atoms with Crippen molar-refractivity contribution in [2.75, 3.05) is 19.6 Å². The lowest BCUT2D eigenvalue weighted by atomic mass is 9.84. The molecule has 3 rings (SSSR count). The number of hydrogen-bond donors (Lipinski definition) is 2. The number of nitrogens with two attached hydrogens (primary N) is 1. The smallest absolute Gasteiger partial charge is 0.326 e. The first-order chi connectivity index (χ1) is 12.1. The summed E-state index contributed by atoms with van der Waals surface area (Å²) in [5.74, 6) is -0.522. The first-order valence-corrected chi connectivity index (χ1v) is 10.1. The lowest BCUT2D eigenvalue weighted by molar-refractivity contribution is -0.148. The van der Waals surface area contributed by atoms with E-state index in [1.165, 1.54) is 38.5 Å². The van der Waals surface area contributed by atoms with E-state index in [1.54, 1.807) is 4.90 Å². The number of aliphatic carboxylic acids is 1. The molecule has 0 aromatic heterocycles. The SMILES string of the molecule is Cl.N[C@H](CC1CCCCC1)C(=O)N1C[C@H](N2CCCCC2)C[C@H]1C(=O)O. The fourth-order valence-electron chi connectivity index (χ4n) is 4.94. The van der Waals surface area contributed by atoms with Crippen molar-refractivity contribution in [1.82, 2.24) is 9.80 Å². The zero-order valence-electron chi connectivity index (χ0n) is 15.6. The molecular weight excluding hydrogens is 354 g/mol. The largest absolute Gasteiger partial charge is 0.480 e. The van der Waals surface area contributed by atoms with Gasteiger partial charge in [-0.25, -0.2) is 4.79 Å². The molecule has 26 heavy (non-hydrogen) atoms. The second kappa shape index (κ2) is 9.90. The Balaban J connectivity index is 0.00000243. The first-order valence-electron chi connectivity index (χ1n) is 10.1. The van der Waals surface area contributed by atoms with Crippen molar-refractivity contribution in [2.45, 2.75) is 82.3 Å². The van der Waals surface area contributed by atoms with E-state index >= 15 is 0 Å². The average Bonchev–Trinajstić information content (AvgIpc) is 3.08. The van der Waals surface area contributed by atoms with Crippen LogP contribution in [0.1, 0.15) is 64.2 Å². The van der Waals surface area contributed by atoms with Crippen molar-refractivity contribution < 1.29 is 14.7 Å². The number of halogens is 1. The molecule has 1 amide bonds. The Bertz CT molecular complexity index is 479. The number of carboxylic acid groups (broad SMARTS) is 1. The maximum atomic E-state index is 12.9. The van der Waals surface area contributed by atoms with Gasteiger partial charge >= 0.3 is 5.97 Å². The highest BCUT2D eigenvalue weighted by atomic mass is 35.5. The minimum Gasteiger partial charge on any atom is -0.480 e. The normalized spacial score (nSPS) is 29.2. The number of hydrogen-bond acceptors (Lipinski definition) is 4. The molecule has 2 aliphatic heterocycles. The van der Waals surface area contributed by atoms with E-state index in [9.17, 15) is 14.7 Å². The van der Waals surface area contributed by atoms with Crippen molar-refractivity contribution in [2.24, 2.45) is 11.7 Å². The number of carboxylic acids is 1. The summed E-state index contributed by atoms with van der Waals surface area (Å²) in [5, 5.41) is 9.60. The monoisotopic (exact) mass is 387 g/mol. The molecule has 150 valence electrons. The Hall–Kier alpha value is -0.850. The van der Waals surface area contributed by atoms with Crippen LogP contribution in [0.3, 0.4) is 0 Å². The summed E-state index contributed by atoms with van der Waals surface area (Å²) in [6.45, 7) is 2.56. The molecule has 0 aromatic rings. The van der Waals surface area contributed by atoms with E-state index in [0.29, 0.717) is 25.3 Å². The van der Waals surface area contributed by atoms with Crippen LogP contribution in [0, 0.1) is 5.92 Å². The number of amides is 1. The molecule has 0 radical (unpaired) electrons. The second-order valence-electron chi connectivity index (χ2n) is 8.18. The molecule has 6 nitrogen and oxygen atoms in total. The highest BCUT2D eigenvalue weighted by Crippen LogP contribution is 2.29. The molecule has 1 saturated carbocycles. The quantitative estimate of drug-likeness (QED) is 0.755. The maximum absolute atomic E-state index is 12.9. The van der Waals surface area contributed by atoms with Crippen molar-refractivity contribution >= 4 is 24.3 Å². The van der Waals surface area contributed by atoms with Crippen LogP contribution in [0.5, 0.6) is 0 Å². The molecule has 0 spiro atoms. The van der Waals surface area contributed by atoms with Gasteiger partial charge in [-0.15, -0.1) is 12.4 Å². The summed E-state index contributed by atoms with van der Waals surface area (Å²) >= 11 is 0. The third kappa shape index (κ3) is 5.11. The van der Waals surface area contributed by atoms with Crippen molar-refractivity contribution in [3.63, 3.8) is 0 Å². The molecule has 0 bridgehead atoms. The van der Waals surface area contributed by atoms with E-state index in [0.717, 1.165) is 25.9 Å². The lowest BCUT2D eigenvalue weighted by Crippen LogP contribution is -2.49. The Morgan fingerprint density at radius 1 is 1.04 bits per heavy atom. The zero-order valence-corrected chi connectivity index (χ0v) is 16.5. The van der Waals surface area contributed by atoms with E-state index < -0.39 is 18.1 Å². The first kappa shape index (κ1) is 21.5. The van der Waals surface area contributed by atoms with Gasteiger partial charge in [0.15, 0.2) is 0 Å². The fourth-order valence-corrected chi connectivity index (χ4v) is 4.94. The van der Waals surface area contributed by atoms with Crippen molar-refractivity contribution in [1.29, 1.82) is 0 Å². The summed E-state index contributed by atoms with van der Waals surface area (Å²) in [6.07, 6.45) is 10.9. The molecular formula is C19H34ClN3O3. The van der Waals surface area contributed by atoms with Crippen LogP contribution in [0.15, 0.2) is 0 Å². The van der Waals surface area contributed by atoms with Crippen molar-refractivity contribution in [3.8, 4) is 0 Å². The summed E-state index contributed by atoms with van der Waals surface area (Å²) in [7, 11) is 0. The second-order valence-corrected chi connectivity index (χ2v) is 8.18. The summed E-state index contributed by atoms with van der Waals surface area (Å²) in [5.41, 5.74) is 6.22. The molecule has 0 unspecified atom stereocenters. The highest BCUT2D eigenvalue weighted by Gasteiger charge is 2.43. The third-order valence-electron chi connectivity index (χ3n) is 6.38. The number of rotatable bonds is 5. The highest BCUT2D eigenvalue weighted by molar-refractivity contribution is 5.87. The van der Waals surface area contributed by atoms with Gasteiger partial charge in [0.1, 0.15) is 6.04 Å². The molecule has 1 aliphatic carbocycles. The van der Waals surface area contributed by atoms with E-state index in [4.69, 9.17) is 5.73 Å². The molecule has 3 atom stereocenters. The molecule has 7 heteroatoms. The van der Waals surface area contributed by atoms with Gasteiger partial charge in [-0.05, 0) is 44.7 Å². The molecule has 2 saturated heterocycles. The van der Waals surface area contributed by atoms with Crippen molar-refractivity contribution in [3.05, 3.63) is 0 Å². The van der Waals surface area contributed by atoms with Gasteiger partial charge in [-0.2, -0.15) is 0 Å². The minimum atomic E-state index is -0.891. The summed E-state index contributed by atoms with van der Waals surface area (Å²) in [6, 6.07) is -1.09. The minimum absolute atomic E-state index is 0. The number of likely N-dealkylation sites (tertiary alicyclic amines) is 2. The van der Waals surface area contributed by atoms with Crippen LogP contribution in [-0.2, 0) is 9.59 Å². The van der Waals surface area contributed by atoms with Gasteiger partial charge < -0.3 is 15.7 Å². The number of piperidine rings is 1. The van der Waals surface area contributed by atoms with E-state index in [1.807, 2.05) is 0 Å². The standard InChI is InChI=1S/C19H33N3O3.ClH/c20-16(11-14-7-3-1-4-8-14)18(23)22-13-15(12-17(22)19(24)25)21-9-5-2-6-10-21;/h14-17H,1-13,20H2,(H,24,25);1H/t15-,16-,17+;/m1./s1. The Morgan fingerprint density at radius 3 is 2.27 bits per heavy atom. The molecule has 0 aromatic carbocycles. The number of carbonyl (C=O) groups excluding carboxylic acids is 1. The third-order valence-corrected chi connectivity index (χ3v) is 6.38. The van der Waals surface area contributed by atoms with Gasteiger partial charge in [0, 0.05) is 12.6 Å². The topological polar surface area (TPSA) is 86.9 Å². The maximum Gasteiger partial charge on any atom is 0.326 e. The van der Waals surface area contributed by atoms with Crippen LogP contribution < -0.4 is 5.73 Å². The Morgan fingerprint density at radius 2 is 1.65 bits per heavy atom. The van der Waals surface area contributed by atoms with E-state index in [2.05, 4.69) is 4.90 Å². The zero-order chi connectivity index (χ0) is 17.8. The van der Waals surface area contributed by atoms with Crippen LogP contribution in [0.4, 0.5) is 0 Å². The van der Waals surface area contributed by atoms with Crippen LogP contribution in [-0.4, -0.2) is 64.5 Å². The number of nitrogens with zero attached hydrogens (tertiary/aromatic N) is 2. The Kier molecular flexibility index (Phi) is 8.17. The van der Waals surface area contributed by atoms with Gasteiger partial charge in [0.05, 0.1) is 6.04 Å². The molecule has 3 fully saturated rings. The molecule has 3 aliphatic rings. The van der Waals surface area contributed by atoms with Crippen LogP contribution in [0.25, 0.3) is 0 Å².